The molecule has 2 aromatic rings. The van der Waals surface area contributed by atoms with E-state index in [0.717, 1.165) is 11.3 Å². The Morgan fingerprint density at radius 3 is 2.25 bits per heavy atom. The number of halogens is 1. The predicted molar refractivity (Wildman–Crippen MR) is 81.4 cm³/mol. The van der Waals surface area contributed by atoms with Crippen molar-refractivity contribution in [2.24, 2.45) is 5.92 Å². The highest BCUT2D eigenvalue weighted by atomic mass is 35.5. The Balaban J connectivity index is 2.25. The summed E-state index contributed by atoms with van der Waals surface area (Å²) in [6, 6.07) is 17.1. The number of carbonyl (C=O) groups is 1. The molecular formula is C17H17ClO2. The molecule has 0 spiro atoms. The molecule has 0 bridgehead atoms. The van der Waals surface area contributed by atoms with Crippen molar-refractivity contribution < 1.29 is 9.53 Å². The monoisotopic (exact) mass is 288 g/mol. The van der Waals surface area contributed by atoms with Gasteiger partial charge in [0.05, 0.1) is 5.92 Å². The summed E-state index contributed by atoms with van der Waals surface area (Å²) in [5.41, 5.74) is 0.883. The Bertz CT molecular complexity index is 579. The van der Waals surface area contributed by atoms with Crippen LogP contribution in [0.4, 0.5) is 0 Å². The summed E-state index contributed by atoms with van der Waals surface area (Å²) in [7, 11) is 0. The highest BCUT2D eigenvalue weighted by Crippen LogP contribution is 2.30. The maximum Gasteiger partial charge on any atom is 0.229 e. The second-order valence-electron chi connectivity index (χ2n) is 5.01. The SMILES string of the molecule is CC(C)C(C(=O)Cl)c1cccc(Oc2ccccc2)c1. The van der Waals surface area contributed by atoms with Crippen LogP contribution in [0.25, 0.3) is 0 Å². The van der Waals surface area contributed by atoms with Crippen LogP contribution in [0.15, 0.2) is 54.6 Å². The minimum Gasteiger partial charge on any atom is -0.457 e. The van der Waals surface area contributed by atoms with Crippen LogP contribution in [0.5, 0.6) is 11.5 Å². The first-order valence-corrected chi connectivity index (χ1v) is 6.98. The molecule has 0 heterocycles. The number of ether oxygens (including phenoxy) is 1. The minimum absolute atomic E-state index is 0.145. The number of carbonyl (C=O) groups excluding carboxylic acids is 1. The normalized spacial score (nSPS) is 12.2. The number of rotatable bonds is 5. The fourth-order valence-corrected chi connectivity index (χ4v) is 2.55. The molecule has 2 rings (SSSR count). The lowest BCUT2D eigenvalue weighted by molar-refractivity contribution is -0.113. The van der Waals surface area contributed by atoms with E-state index in [1.165, 1.54) is 0 Å². The zero-order chi connectivity index (χ0) is 14.5. The van der Waals surface area contributed by atoms with Gasteiger partial charge in [-0.25, -0.2) is 0 Å². The number of para-hydroxylation sites is 1. The molecule has 2 nitrogen and oxygen atoms in total. The summed E-state index contributed by atoms with van der Waals surface area (Å²) in [5, 5.41) is -0.336. The quantitative estimate of drug-likeness (QED) is 0.725. The van der Waals surface area contributed by atoms with Gasteiger partial charge >= 0.3 is 0 Å². The molecule has 1 unspecified atom stereocenters. The molecule has 0 fully saturated rings. The predicted octanol–water partition coefficient (Wildman–Crippen LogP) is 4.98. The van der Waals surface area contributed by atoms with Crippen molar-refractivity contribution in [1.82, 2.24) is 0 Å². The van der Waals surface area contributed by atoms with Gasteiger partial charge in [-0.05, 0) is 47.3 Å². The number of hydrogen-bond donors (Lipinski definition) is 0. The van der Waals surface area contributed by atoms with Gasteiger partial charge in [-0.15, -0.1) is 0 Å². The van der Waals surface area contributed by atoms with Crippen molar-refractivity contribution in [3.8, 4) is 11.5 Å². The topological polar surface area (TPSA) is 26.3 Å². The van der Waals surface area contributed by atoms with E-state index in [0.29, 0.717) is 5.75 Å². The number of hydrogen-bond acceptors (Lipinski definition) is 2. The second kappa shape index (κ2) is 6.58. The molecule has 0 amide bonds. The summed E-state index contributed by atoms with van der Waals surface area (Å²) in [4.78, 5) is 11.6. The van der Waals surface area contributed by atoms with Crippen LogP contribution in [0, 0.1) is 5.92 Å². The van der Waals surface area contributed by atoms with Crippen LogP contribution < -0.4 is 4.74 Å². The Morgan fingerprint density at radius 2 is 1.65 bits per heavy atom. The van der Waals surface area contributed by atoms with E-state index in [4.69, 9.17) is 16.3 Å². The van der Waals surface area contributed by atoms with Gasteiger partial charge in [-0.2, -0.15) is 0 Å². The van der Waals surface area contributed by atoms with Crippen molar-refractivity contribution in [1.29, 1.82) is 0 Å². The summed E-state index contributed by atoms with van der Waals surface area (Å²) in [5.74, 6) is 1.31. The highest BCUT2D eigenvalue weighted by Gasteiger charge is 2.22. The molecule has 104 valence electrons. The first-order chi connectivity index (χ1) is 9.58. The molecule has 0 saturated carbocycles. The molecule has 0 aliphatic carbocycles. The van der Waals surface area contributed by atoms with Crippen LogP contribution in [0.3, 0.4) is 0 Å². The lowest BCUT2D eigenvalue weighted by atomic mass is 9.89. The van der Waals surface area contributed by atoms with Crippen LogP contribution in [-0.4, -0.2) is 5.24 Å². The van der Waals surface area contributed by atoms with Gasteiger partial charge in [0.15, 0.2) is 0 Å². The second-order valence-corrected chi connectivity index (χ2v) is 5.39. The van der Waals surface area contributed by atoms with E-state index in [-0.39, 0.29) is 17.1 Å². The zero-order valence-electron chi connectivity index (χ0n) is 11.5. The third-order valence-electron chi connectivity index (χ3n) is 3.11. The van der Waals surface area contributed by atoms with Crippen molar-refractivity contribution in [3.63, 3.8) is 0 Å². The Kier molecular flexibility index (Phi) is 4.80. The van der Waals surface area contributed by atoms with E-state index >= 15 is 0 Å². The van der Waals surface area contributed by atoms with Gasteiger partial charge in [0.2, 0.25) is 5.24 Å². The Labute approximate surface area is 124 Å². The summed E-state index contributed by atoms with van der Waals surface area (Å²) < 4.78 is 5.77. The average Bonchev–Trinajstić information content (AvgIpc) is 2.39. The molecular weight excluding hydrogens is 272 g/mol. The van der Waals surface area contributed by atoms with Crippen LogP contribution in [-0.2, 0) is 4.79 Å². The van der Waals surface area contributed by atoms with E-state index < -0.39 is 0 Å². The van der Waals surface area contributed by atoms with Gasteiger partial charge in [0.1, 0.15) is 11.5 Å². The fourth-order valence-electron chi connectivity index (χ4n) is 2.17. The first-order valence-electron chi connectivity index (χ1n) is 6.60. The maximum atomic E-state index is 11.6. The molecule has 0 N–H and O–H groups in total. The molecule has 2 aromatic carbocycles. The van der Waals surface area contributed by atoms with E-state index in [2.05, 4.69) is 0 Å². The fraction of sp³-hybridized carbons (Fsp3) is 0.235. The highest BCUT2D eigenvalue weighted by molar-refractivity contribution is 6.64. The number of benzene rings is 2. The smallest absolute Gasteiger partial charge is 0.229 e. The summed E-state index contributed by atoms with van der Waals surface area (Å²) in [6.45, 7) is 3.96. The zero-order valence-corrected chi connectivity index (χ0v) is 12.3. The molecule has 0 aliphatic heterocycles. The third-order valence-corrected chi connectivity index (χ3v) is 3.34. The summed E-state index contributed by atoms with van der Waals surface area (Å²) in [6.07, 6.45) is 0. The molecule has 20 heavy (non-hydrogen) atoms. The van der Waals surface area contributed by atoms with E-state index in [1.54, 1.807) is 0 Å². The Morgan fingerprint density at radius 1 is 1.00 bits per heavy atom. The standard InChI is InChI=1S/C17H17ClO2/c1-12(2)16(17(18)19)13-7-6-10-15(11-13)20-14-8-4-3-5-9-14/h3-12,16H,1-2H3. The first kappa shape index (κ1) is 14.6. The third kappa shape index (κ3) is 3.61. The van der Waals surface area contributed by atoms with Crippen LogP contribution >= 0.6 is 11.6 Å². The van der Waals surface area contributed by atoms with Gasteiger partial charge in [0.25, 0.3) is 0 Å². The average molecular weight is 289 g/mol. The molecule has 0 aliphatic rings. The van der Waals surface area contributed by atoms with Gasteiger partial charge in [0, 0.05) is 0 Å². The van der Waals surface area contributed by atoms with Crippen LogP contribution in [0.1, 0.15) is 25.3 Å². The lowest BCUT2D eigenvalue weighted by Gasteiger charge is -2.17. The minimum atomic E-state index is -0.336. The molecule has 0 saturated heterocycles. The maximum absolute atomic E-state index is 11.6. The molecule has 3 heteroatoms. The van der Waals surface area contributed by atoms with E-state index in [9.17, 15) is 4.79 Å². The van der Waals surface area contributed by atoms with Gasteiger partial charge < -0.3 is 4.74 Å². The Hall–Kier alpha value is -1.80. The lowest BCUT2D eigenvalue weighted by Crippen LogP contribution is -2.13. The van der Waals surface area contributed by atoms with Gasteiger partial charge in [-0.3, -0.25) is 4.79 Å². The van der Waals surface area contributed by atoms with Crippen molar-refractivity contribution in [3.05, 3.63) is 60.2 Å². The molecule has 0 aromatic heterocycles. The molecule has 1 atom stereocenters. The van der Waals surface area contributed by atoms with Crippen molar-refractivity contribution in [2.45, 2.75) is 19.8 Å². The van der Waals surface area contributed by atoms with Crippen molar-refractivity contribution in [2.75, 3.05) is 0 Å². The summed E-state index contributed by atoms with van der Waals surface area (Å²) >= 11 is 5.71. The van der Waals surface area contributed by atoms with E-state index in [1.807, 2.05) is 68.4 Å². The molecule has 0 radical (unpaired) electrons. The van der Waals surface area contributed by atoms with Gasteiger partial charge in [-0.1, -0.05) is 44.2 Å². The van der Waals surface area contributed by atoms with Crippen molar-refractivity contribution >= 4 is 16.8 Å². The van der Waals surface area contributed by atoms with Crippen LogP contribution in [0.2, 0.25) is 0 Å². The largest absolute Gasteiger partial charge is 0.457 e.